The molecule has 0 saturated carbocycles. The van der Waals surface area contributed by atoms with Gasteiger partial charge in [0, 0.05) is 29.8 Å². The summed E-state index contributed by atoms with van der Waals surface area (Å²) in [7, 11) is 0. The SMILES string of the molecule is C#C/C(C#N)=C1C=C(/C=C/c2ccc3c4c2C(C)(C)CCN4CCC3(C)C)OC(C(C)(C)C)=C/1. The molecule has 0 fully saturated rings. The fourth-order valence-corrected chi connectivity index (χ4v) is 5.23. The number of allylic oxidation sites excluding steroid dienone is 6. The summed E-state index contributed by atoms with van der Waals surface area (Å²) < 4.78 is 6.26. The zero-order valence-electron chi connectivity index (χ0n) is 21.7. The van der Waals surface area contributed by atoms with Crippen molar-refractivity contribution in [2.75, 3.05) is 18.0 Å². The quantitative estimate of drug-likeness (QED) is 0.353. The molecule has 3 nitrogen and oxygen atoms in total. The van der Waals surface area contributed by atoms with E-state index in [1.54, 1.807) is 0 Å². The summed E-state index contributed by atoms with van der Waals surface area (Å²) in [6.45, 7) is 18.0. The first-order chi connectivity index (χ1) is 15.9. The number of nitriles is 1. The van der Waals surface area contributed by atoms with Crippen molar-refractivity contribution < 1.29 is 4.74 Å². The van der Waals surface area contributed by atoms with Crippen LogP contribution in [-0.4, -0.2) is 13.1 Å². The van der Waals surface area contributed by atoms with E-state index in [9.17, 15) is 5.26 Å². The summed E-state index contributed by atoms with van der Waals surface area (Å²) >= 11 is 0. The second-order valence-electron chi connectivity index (χ2n) is 12.0. The molecule has 34 heavy (non-hydrogen) atoms. The van der Waals surface area contributed by atoms with Gasteiger partial charge >= 0.3 is 0 Å². The molecule has 0 radical (unpaired) electrons. The van der Waals surface area contributed by atoms with Crippen LogP contribution in [0.3, 0.4) is 0 Å². The van der Waals surface area contributed by atoms with Gasteiger partial charge in [-0.2, -0.15) is 5.26 Å². The molecular formula is C31H36N2O. The normalized spacial score (nSPS) is 22.1. The van der Waals surface area contributed by atoms with Crippen molar-refractivity contribution in [3.05, 3.63) is 69.7 Å². The molecule has 176 valence electrons. The van der Waals surface area contributed by atoms with Crippen LogP contribution in [0, 0.1) is 29.1 Å². The lowest BCUT2D eigenvalue weighted by Gasteiger charge is -2.48. The lowest BCUT2D eigenvalue weighted by atomic mass is 9.68. The molecule has 3 heteroatoms. The van der Waals surface area contributed by atoms with Crippen LogP contribution >= 0.6 is 0 Å². The zero-order valence-corrected chi connectivity index (χ0v) is 21.7. The second kappa shape index (κ2) is 8.25. The standard InChI is InChI=1S/C31H36N2O/c1-9-21(20-32)23-18-24(34-26(19-23)29(2,3)4)12-10-22-11-13-25-28-27(22)31(7,8)15-17-33(28)16-14-30(25,5)6/h1,10-13,18-19H,14-17H2,2-8H3/b12-10+,23-21+. The van der Waals surface area contributed by atoms with Gasteiger partial charge < -0.3 is 9.64 Å². The Balaban J connectivity index is 1.81. The third-order valence-corrected chi connectivity index (χ3v) is 7.47. The monoisotopic (exact) mass is 452 g/mol. The molecule has 3 heterocycles. The van der Waals surface area contributed by atoms with Crippen molar-refractivity contribution in [3.8, 4) is 18.4 Å². The van der Waals surface area contributed by atoms with Gasteiger partial charge in [0.25, 0.3) is 0 Å². The minimum atomic E-state index is -0.209. The van der Waals surface area contributed by atoms with Crippen LogP contribution in [0.25, 0.3) is 6.08 Å². The van der Waals surface area contributed by atoms with E-state index < -0.39 is 0 Å². The Morgan fingerprint density at radius 2 is 1.74 bits per heavy atom. The predicted molar refractivity (Wildman–Crippen MR) is 141 cm³/mol. The van der Waals surface area contributed by atoms with E-state index in [0.717, 1.165) is 30.8 Å². The summed E-state index contributed by atoms with van der Waals surface area (Å²) in [5.74, 6) is 4.01. The number of hydrogen-bond donors (Lipinski definition) is 0. The van der Waals surface area contributed by atoms with Gasteiger partial charge in [0.2, 0.25) is 0 Å². The van der Waals surface area contributed by atoms with Crippen molar-refractivity contribution in [1.82, 2.24) is 0 Å². The van der Waals surface area contributed by atoms with Crippen molar-refractivity contribution in [1.29, 1.82) is 5.26 Å². The highest BCUT2D eigenvalue weighted by molar-refractivity contribution is 5.75. The summed E-state index contributed by atoms with van der Waals surface area (Å²) in [5.41, 5.74) is 6.66. The van der Waals surface area contributed by atoms with Crippen LogP contribution in [0.15, 0.2) is 53.0 Å². The van der Waals surface area contributed by atoms with E-state index in [1.807, 2.05) is 18.2 Å². The van der Waals surface area contributed by atoms with E-state index in [1.165, 1.54) is 28.8 Å². The van der Waals surface area contributed by atoms with Crippen LogP contribution in [0.4, 0.5) is 5.69 Å². The Morgan fingerprint density at radius 3 is 2.35 bits per heavy atom. The van der Waals surface area contributed by atoms with Gasteiger partial charge in [-0.1, -0.05) is 72.6 Å². The van der Waals surface area contributed by atoms with Crippen LogP contribution < -0.4 is 4.90 Å². The molecule has 0 saturated heterocycles. The maximum Gasteiger partial charge on any atom is 0.127 e. The van der Waals surface area contributed by atoms with Crippen molar-refractivity contribution in [2.24, 2.45) is 5.41 Å². The van der Waals surface area contributed by atoms with Gasteiger partial charge in [-0.3, -0.25) is 0 Å². The Morgan fingerprint density at radius 1 is 1.06 bits per heavy atom. The highest BCUT2D eigenvalue weighted by Gasteiger charge is 2.40. The molecule has 0 N–H and O–H groups in total. The minimum Gasteiger partial charge on any atom is -0.461 e. The van der Waals surface area contributed by atoms with Crippen molar-refractivity contribution in [3.63, 3.8) is 0 Å². The molecule has 0 atom stereocenters. The highest BCUT2D eigenvalue weighted by Crippen LogP contribution is 2.50. The van der Waals surface area contributed by atoms with Gasteiger partial charge in [-0.25, -0.2) is 0 Å². The van der Waals surface area contributed by atoms with Gasteiger partial charge in [0.1, 0.15) is 23.2 Å². The first-order valence-electron chi connectivity index (χ1n) is 12.2. The predicted octanol–water partition coefficient (Wildman–Crippen LogP) is 7.17. The average Bonchev–Trinajstić information content (AvgIpc) is 2.76. The Kier molecular flexibility index (Phi) is 5.81. The molecule has 1 aromatic carbocycles. The fourth-order valence-electron chi connectivity index (χ4n) is 5.23. The number of rotatable bonds is 2. The van der Waals surface area contributed by atoms with Gasteiger partial charge in [-0.05, 0) is 58.6 Å². The number of benzene rings is 1. The van der Waals surface area contributed by atoms with Crippen molar-refractivity contribution >= 4 is 11.8 Å². The molecular weight excluding hydrogens is 416 g/mol. The minimum absolute atomic E-state index is 0.0930. The maximum absolute atomic E-state index is 9.50. The van der Waals surface area contributed by atoms with E-state index in [2.05, 4.69) is 83.6 Å². The van der Waals surface area contributed by atoms with E-state index in [0.29, 0.717) is 11.3 Å². The number of nitrogens with zero attached hydrogens (tertiary/aromatic N) is 2. The van der Waals surface area contributed by atoms with Gasteiger partial charge in [0.15, 0.2) is 0 Å². The van der Waals surface area contributed by atoms with E-state index in [-0.39, 0.29) is 16.2 Å². The molecule has 3 aliphatic rings. The first kappa shape index (κ1) is 24.0. The first-order valence-corrected chi connectivity index (χ1v) is 12.2. The number of anilines is 1. The third kappa shape index (κ3) is 4.21. The fraction of sp³-hybridized carbons (Fsp3) is 0.452. The number of hydrogen-bond acceptors (Lipinski definition) is 3. The number of terminal acetylenes is 1. The molecule has 0 spiro atoms. The molecule has 0 aliphatic carbocycles. The summed E-state index contributed by atoms with van der Waals surface area (Å²) in [6, 6.07) is 6.73. The lowest BCUT2D eigenvalue weighted by Crippen LogP contribution is -2.45. The summed E-state index contributed by atoms with van der Waals surface area (Å²) in [4.78, 5) is 2.59. The van der Waals surface area contributed by atoms with Crippen LogP contribution in [0.1, 0.15) is 78.0 Å². The third-order valence-electron chi connectivity index (χ3n) is 7.47. The molecule has 0 unspecified atom stereocenters. The van der Waals surface area contributed by atoms with Crippen molar-refractivity contribution in [2.45, 2.75) is 72.1 Å². The summed E-state index contributed by atoms with van der Waals surface area (Å²) in [5, 5.41) is 9.50. The van der Waals surface area contributed by atoms with Gasteiger partial charge in [-0.15, -0.1) is 6.42 Å². The largest absolute Gasteiger partial charge is 0.461 e. The Labute approximate surface area is 205 Å². The van der Waals surface area contributed by atoms with E-state index >= 15 is 0 Å². The molecule has 3 aliphatic heterocycles. The number of ether oxygens (including phenoxy) is 1. The molecule has 0 bridgehead atoms. The van der Waals surface area contributed by atoms with Crippen LogP contribution in [-0.2, 0) is 15.6 Å². The molecule has 1 aromatic rings. The Hall–Kier alpha value is -3.17. The molecule has 0 aromatic heterocycles. The second-order valence-corrected chi connectivity index (χ2v) is 12.0. The molecule has 0 amide bonds. The topological polar surface area (TPSA) is 36.3 Å². The van der Waals surface area contributed by atoms with Crippen LogP contribution in [0.2, 0.25) is 0 Å². The highest BCUT2D eigenvalue weighted by atomic mass is 16.5. The van der Waals surface area contributed by atoms with E-state index in [4.69, 9.17) is 11.2 Å². The van der Waals surface area contributed by atoms with Crippen LogP contribution in [0.5, 0.6) is 0 Å². The van der Waals surface area contributed by atoms with Gasteiger partial charge in [0.05, 0.1) is 0 Å². The maximum atomic E-state index is 9.50. The Bertz CT molecular complexity index is 1210. The average molecular weight is 453 g/mol. The zero-order chi connectivity index (χ0) is 24.9. The summed E-state index contributed by atoms with van der Waals surface area (Å²) in [6.07, 6.45) is 15.9. The molecule has 4 rings (SSSR count). The smallest absolute Gasteiger partial charge is 0.127 e. The lowest BCUT2D eigenvalue weighted by molar-refractivity contribution is 0.223.